The highest BCUT2D eigenvalue weighted by molar-refractivity contribution is 6.30. The molecule has 2 heterocycles. The molecule has 2 aromatic heterocycles. The Bertz CT molecular complexity index is 892. The van der Waals surface area contributed by atoms with E-state index in [0.717, 1.165) is 5.56 Å². The number of carbonyl (C=O) groups excluding carboxylic acids is 1. The van der Waals surface area contributed by atoms with Crippen LogP contribution in [0.15, 0.2) is 42.7 Å². The Morgan fingerprint density at radius 3 is 2.79 bits per heavy atom. The predicted molar refractivity (Wildman–Crippen MR) is 90.9 cm³/mol. The summed E-state index contributed by atoms with van der Waals surface area (Å²) >= 11 is 5.94. The molecule has 0 aliphatic carbocycles. The van der Waals surface area contributed by atoms with E-state index in [1.54, 1.807) is 55.3 Å². The van der Waals surface area contributed by atoms with Gasteiger partial charge in [0.2, 0.25) is 0 Å². The second kappa shape index (κ2) is 6.80. The molecule has 7 heteroatoms. The van der Waals surface area contributed by atoms with E-state index in [2.05, 4.69) is 10.3 Å². The molecule has 6 nitrogen and oxygen atoms in total. The molecule has 1 N–H and O–H groups in total. The van der Waals surface area contributed by atoms with E-state index in [4.69, 9.17) is 21.1 Å². The van der Waals surface area contributed by atoms with Crippen LogP contribution in [0.2, 0.25) is 5.02 Å². The van der Waals surface area contributed by atoms with Crippen LogP contribution >= 0.6 is 11.6 Å². The molecule has 1 amide bonds. The predicted octanol–water partition coefficient (Wildman–Crippen LogP) is 2.93. The standard InChI is InChI=1S/C17H16ClN3O3/c1-23-13-4-5-15(24-2)11(7-13)8-19-17(22)14-10-21-9-12(18)3-6-16(21)20-14/h3-7,9-10H,8H2,1-2H3,(H,19,22). The Labute approximate surface area is 144 Å². The van der Waals surface area contributed by atoms with Crippen LogP contribution in [0.25, 0.3) is 5.65 Å². The number of carbonyl (C=O) groups is 1. The van der Waals surface area contributed by atoms with Gasteiger partial charge in [0.05, 0.1) is 19.2 Å². The zero-order chi connectivity index (χ0) is 17.1. The molecule has 0 saturated heterocycles. The van der Waals surface area contributed by atoms with Gasteiger partial charge < -0.3 is 19.2 Å². The largest absolute Gasteiger partial charge is 0.497 e. The maximum Gasteiger partial charge on any atom is 0.271 e. The van der Waals surface area contributed by atoms with E-state index >= 15 is 0 Å². The van der Waals surface area contributed by atoms with Crippen molar-refractivity contribution in [1.29, 1.82) is 0 Å². The Kier molecular flexibility index (Phi) is 4.57. The third kappa shape index (κ3) is 3.28. The van der Waals surface area contributed by atoms with Gasteiger partial charge >= 0.3 is 0 Å². The van der Waals surface area contributed by atoms with Gasteiger partial charge in [0.1, 0.15) is 22.8 Å². The molecule has 0 atom stereocenters. The SMILES string of the molecule is COc1ccc(OC)c(CNC(=O)c2cn3cc(Cl)ccc3n2)c1. The third-order valence-corrected chi connectivity index (χ3v) is 3.80. The first-order valence-electron chi connectivity index (χ1n) is 7.24. The summed E-state index contributed by atoms with van der Waals surface area (Å²) in [6, 6.07) is 8.91. The molecule has 0 unspecified atom stereocenters. The van der Waals surface area contributed by atoms with Crippen molar-refractivity contribution in [2.75, 3.05) is 14.2 Å². The third-order valence-electron chi connectivity index (χ3n) is 3.57. The van der Waals surface area contributed by atoms with Crippen molar-refractivity contribution < 1.29 is 14.3 Å². The number of halogens is 1. The molecule has 0 spiro atoms. The van der Waals surface area contributed by atoms with Crippen molar-refractivity contribution in [3.05, 3.63) is 59.0 Å². The lowest BCUT2D eigenvalue weighted by Crippen LogP contribution is -2.23. The van der Waals surface area contributed by atoms with E-state index in [0.29, 0.717) is 34.4 Å². The number of rotatable bonds is 5. The summed E-state index contributed by atoms with van der Waals surface area (Å²) in [4.78, 5) is 16.6. The summed E-state index contributed by atoms with van der Waals surface area (Å²) < 4.78 is 12.2. The van der Waals surface area contributed by atoms with Crippen molar-refractivity contribution in [3.63, 3.8) is 0 Å². The summed E-state index contributed by atoms with van der Waals surface area (Å²) in [7, 11) is 3.17. The molecule has 24 heavy (non-hydrogen) atoms. The number of nitrogens with one attached hydrogen (secondary N) is 1. The van der Waals surface area contributed by atoms with Crippen LogP contribution in [0.3, 0.4) is 0 Å². The van der Waals surface area contributed by atoms with Crippen LogP contribution in [-0.2, 0) is 6.54 Å². The van der Waals surface area contributed by atoms with Gasteiger partial charge in [-0.25, -0.2) is 4.98 Å². The fourth-order valence-electron chi connectivity index (χ4n) is 2.36. The van der Waals surface area contributed by atoms with E-state index in [1.807, 2.05) is 6.07 Å². The van der Waals surface area contributed by atoms with Crippen molar-refractivity contribution in [3.8, 4) is 11.5 Å². The minimum atomic E-state index is -0.278. The number of hydrogen-bond acceptors (Lipinski definition) is 4. The first-order valence-corrected chi connectivity index (χ1v) is 7.62. The van der Waals surface area contributed by atoms with Gasteiger partial charge in [-0.2, -0.15) is 0 Å². The molecule has 124 valence electrons. The molecular formula is C17H16ClN3O3. The summed E-state index contributed by atoms with van der Waals surface area (Å²) in [5.41, 5.74) is 1.79. The van der Waals surface area contributed by atoms with Gasteiger partial charge in [-0.05, 0) is 30.3 Å². The number of hydrogen-bond donors (Lipinski definition) is 1. The van der Waals surface area contributed by atoms with Gasteiger partial charge in [-0.3, -0.25) is 4.79 Å². The summed E-state index contributed by atoms with van der Waals surface area (Å²) in [6.45, 7) is 0.299. The lowest BCUT2D eigenvalue weighted by molar-refractivity contribution is 0.0946. The highest BCUT2D eigenvalue weighted by Crippen LogP contribution is 2.23. The normalized spacial score (nSPS) is 10.6. The maximum atomic E-state index is 12.3. The highest BCUT2D eigenvalue weighted by atomic mass is 35.5. The Balaban J connectivity index is 1.77. The number of methoxy groups -OCH3 is 2. The first-order chi connectivity index (χ1) is 11.6. The number of fused-ring (bicyclic) bond motifs is 1. The molecule has 0 saturated carbocycles. The Morgan fingerprint density at radius 1 is 1.21 bits per heavy atom. The van der Waals surface area contributed by atoms with Gasteiger partial charge in [0.25, 0.3) is 5.91 Å². The topological polar surface area (TPSA) is 64.9 Å². The monoisotopic (exact) mass is 345 g/mol. The van der Waals surface area contributed by atoms with Crippen LogP contribution in [-0.4, -0.2) is 29.5 Å². The van der Waals surface area contributed by atoms with Crippen LogP contribution in [0, 0.1) is 0 Å². The molecular weight excluding hydrogens is 330 g/mol. The molecule has 0 aliphatic heterocycles. The minimum Gasteiger partial charge on any atom is -0.497 e. The quantitative estimate of drug-likeness (QED) is 0.772. The number of benzene rings is 1. The van der Waals surface area contributed by atoms with Crippen LogP contribution in [0.5, 0.6) is 11.5 Å². The van der Waals surface area contributed by atoms with E-state index in [-0.39, 0.29) is 5.91 Å². The molecule has 0 bridgehead atoms. The minimum absolute atomic E-state index is 0.278. The number of nitrogens with zero attached hydrogens (tertiary/aromatic N) is 2. The van der Waals surface area contributed by atoms with Crippen molar-refractivity contribution in [2.45, 2.75) is 6.54 Å². The van der Waals surface area contributed by atoms with Crippen LogP contribution in [0.1, 0.15) is 16.1 Å². The Hall–Kier alpha value is -2.73. The number of pyridine rings is 1. The smallest absolute Gasteiger partial charge is 0.271 e. The van der Waals surface area contributed by atoms with E-state index < -0.39 is 0 Å². The van der Waals surface area contributed by atoms with Gasteiger partial charge in [0, 0.05) is 24.5 Å². The van der Waals surface area contributed by atoms with E-state index in [1.165, 1.54) is 0 Å². The van der Waals surface area contributed by atoms with Crippen molar-refractivity contribution in [2.24, 2.45) is 0 Å². The summed E-state index contributed by atoms with van der Waals surface area (Å²) in [6.07, 6.45) is 3.34. The fourth-order valence-corrected chi connectivity index (χ4v) is 2.53. The van der Waals surface area contributed by atoms with Gasteiger partial charge in [-0.15, -0.1) is 0 Å². The van der Waals surface area contributed by atoms with Gasteiger partial charge in [0.15, 0.2) is 0 Å². The average molecular weight is 346 g/mol. The maximum absolute atomic E-state index is 12.3. The van der Waals surface area contributed by atoms with E-state index in [9.17, 15) is 4.79 Å². The fraction of sp³-hybridized carbons (Fsp3) is 0.176. The zero-order valence-corrected chi connectivity index (χ0v) is 14.0. The van der Waals surface area contributed by atoms with Crippen molar-refractivity contribution in [1.82, 2.24) is 14.7 Å². The first kappa shape index (κ1) is 16.1. The second-order valence-electron chi connectivity index (χ2n) is 5.10. The molecule has 3 rings (SSSR count). The van der Waals surface area contributed by atoms with Crippen molar-refractivity contribution >= 4 is 23.2 Å². The summed E-state index contributed by atoms with van der Waals surface area (Å²) in [5.74, 6) is 1.10. The average Bonchev–Trinajstić information content (AvgIpc) is 3.02. The number of aromatic nitrogens is 2. The molecule has 3 aromatic rings. The molecule has 1 aromatic carbocycles. The number of ether oxygens (including phenoxy) is 2. The Morgan fingerprint density at radius 2 is 2.04 bits per heavy atom. The summed E-state index contributed by atoms with van der Waals surface area (Å²) in [5, 5.41) is 3.41. The molecule has 0 aliphatic rings. The number of imidazole rings is 1. The van der Waals surface area contributed by atoms with Crippen LogP contribution < -0.4 is 14.8 Å². The second-order valence-corrected chi connectivity index (χ2v) is 5.54. The van der Waals surface area contributed by atoms with Gasteiger partial charge in [-0.1, -0.05) is 11.6 Å². The zero-order valence-electron chi connectivity index (χ0n) is 13.2. The number of amides is 1. The lowest BCUT2D eigenvalue weighted by Gasteiger charge is -2.10. The molecule has 0 radical (unpaired) electrons. The highest BCUT2D eigenvalue weighted by Gasteiger charge is 2.12. The van der Waals surface area contributed by atoms with Crippen LogP contribution in [0.4, 0.5) is 0 Å². The molecule has 0 fully saturated rings. The lowest BCUT2D eigenvalue weighted by atomic mass is 10.2.